The first-order valence-corrected chi connectivity index (χ1v) is 13.1. The van der Waals surface area contributed by atoms with E-state index in [1.807, 2.05) is 30.3 Å². The fourth-order valence-corrected chi connectivity index (χ4v) is 5.81. The molecule has 3 atom stereocenters. The summed E-state index contributed by atoms with van der Waals surface area (Å²) in [5, 5.41) is 14.3. The molecule has 3 aromatic rings. The molecule has 3 aromatic carbocycles. The SMILES string of the molecule is COc1ccc2cc(C3(O)CCC(OCc4c(F)cccc4F)CC3CN3CCN(C)CC3)ccc2c1. The minimum absolute atomic E-state index is 0.0380. The zero-order valence-electron chi connectivity index (χ0n) is 21.6. The largest absolute Gasteiger partial charge is 0.497 e. The van der Waals surface area contributed by atoms with E-state index in [1.54, 1.807) is 7.11 Å². The third kappa shape index (κ3) is 5.65. The van der Waals surface area contributed by atoms with Crippen molar-refractivity contribution in [1.29, 1.82) is 0 Å². The number of benzene rings is 3. The van der Waals surface area contributed by atoms with Crippen molar-refractivity contribution in [2.75, 3.05) is 46.9 Å². The van der Waals surface area contributed by atoms with Gasteiger partial charge in [0.2, 0.25) is 0 Å². The summed E-state index contributed by atoms with van der Waals surface area (Å²) in [4.78, 5) is 4.73. The number of hydrogen-bond donors (Lipinski definition) is 1. The van der Waals surface area contributed by atoms with Crippen LogP contribution < -0.4 is 4.74 Å². The predicted molar refractivity (Wildman–Crippen MR) is 141 cm³/mol. The van der Waals surface area contributed by atoms with Gasteiger partial charge < -0.3 is 24.4 Å². The number of piperazine rings is 1. The van der Waals surface area contributed by atoms with Crippen molar-refractivity contribution in [3.8, 4) is 5.75 Å². The van der Waals surface area contributed by atoms with Crippen molar-refractivity contribution >= 4 is 10.8 Å². The zero-order chi connectivity index (χ0) is 26.0. The van der Waals surface area contributed by atoms with Crippen LogP contribution in [0.3, 0.4) is 0 Å². The molecule has 1 aliphatic heterocycles. The molecule has 1 heterocycles. The van der Waals surface area contributed by atoms with Gasteiger partial charge in [-0.15, -0.1) is 0 Å². The van der Waals surface area contributed by atoms with Crippen molar-refractivity contribution in [3.05, 3.63) is 77.4 Å². The van der Waals surface area contributed by atoms with Gasteiger partial charge in [-0.2, -0.15) is 0 Å². The Morgan fingerprint density at radius 2 is 1.68 bits per heavy atom. The van der Waals surface area contributed by atoms with Crippen LogP contribution in [-0.2, 0) is 16.9 Å². The zero-order valence-corrected chi connectivity index (χ0v) is 21.6. The number of rotatable bonds is 7. The lowest BCUT2D eigenvalue weighted by Crippen LogP contribution is -2.52. The molecular formula is C30H36F2N2O3. The van der Waals surface area contributed by atoms with Crippen molar-refractivity contribution in [2.24, 2.45) is 5.92 Å². The summed E-state index contributed by atoms with van der Waals surface area (Å²) < 4.78 is 39.7. The molecule has 198 valence electrons. The second-order valence-electron chi connectivity index (χ2n) is 10.6. The average molecular weight is 511 g/mol. The second kappa shape index (κ2) is 11.0. The summed E-state index contributed by atoms with van der Waals surface area (Å²) >= 11 is 0. The number of likely N-dealkylation sites (N-methyl/N-ethyl adjacent to an activating group) is 1. The number of ether oxygens (including phenoxy) is 2. The van der Waals surface area contributed by atoms with Crippen LogP contribution in [0.4, 0.5) is 8.78 Å². The molecule has 5 nitrogen and oxygen atoms in total. The normalized spacial score (nSPS) is 25.4. The van der Waals surface area contributed by atoms with Gasteiger partial charge in [0.05, 0.1) is 25.4 Å². The Hall–Kier alpha value is -2.58. The first kappa shape index (κ1) is 26.0. The Balaban J connectivity index is 1.38. The van der Waals surface area contributed by atoms with Crippen molar-refractivity contribution in [1.82, 2.24) is 9.80 Å². The maximum atomic E-state index is 14.2. The summed E-state index contributed by atoms with van der Waals surface area (Å²) in [6, 6.07) is 16.0. The quantitative estimate of drug-likeness (QED) is 0.488. The van der Waals surface area contributed by atoms with Crippen LogP contribution in [0, 0.1) is 17.6 Å². The van der Waals surface area contributed by atoms with Crippen LogP contribution in [-0.4, -0.2) is 67.9 Å². The molecule has 0 aromatic heterocycles. The van der Waals surface area contributed by atoms with Crippen molar-refractivity contribution in [3.63, 3.8) is 0 Å². The summed E-state index contributed by atoms with van der Waals surface area (Å²) in [5.74, 6) is -0.449. The van der Waals surface area contributed by atoms with Gasteiger partial charge in [0, 0.05) is 44.2 Å². The molecule has 1 aliphatic carbocycles. The summed E-state index contributed by atoms with van der Waals surface area (Å²) in [7, 11) is 3.78. The summed E-state index contributed by atoms with van der Waals surface area (Å²) in [5.41, 5.74) is -0.146. The predicted octanol–water partition coefficient (Wildman–Crippen LogP) is 4.95. The number of methoxy groups -OCH3 is 1. The first-order chi connectivity index (χ1) is 17.9. The van der Waals surface area contributed by atoms with Crippen LogP contribution in [0.1, 0.15) is 30.4 Å². The molecule has 7 heteroatoms. The van der Waals surface area contributed by atoms with E-state index < -0.39 is 17.2 Å². The highest BCUT2D eigenvalue weighted by molar-refractivity contribution is 5.84. The first-order valence-electron chi connectivity index (χ1n) is 13.1. The Kier molecular flexibility index (Phi) is 7.77. The molecule has 0 amide bonds. The molecule has 0 radical (unpaired) electrons. The van der Waals surface area contributed by atoms with Gasteiger partial charge in [-0.1, -0.05) is 24.3 Å². The van der Waals surface area contributed by atoms with E-state index in [-0.39, 0.29) is 24.2 Å². The van der Waals surface area contributed by atoms with Gasteiger partial charge in [0.1, 0.15) is 17.4 Å². The Morgan fingerprint density at radius 3 is 2.41 bits per heavy atom. The Labute approximate surface area is 217 Å². The minimum Gasteiger partial charge on any atom is -0.497 e. The molecule has 3 unspecified atom stereocenters. The van der Waals surface area contributed by atoms with Crippen LogP contribution in [0.2, 0.25) is 0 Å². The fraction of sp³-hybridized carbons (Fsp3) is 0.467. The molecule has 1 N–H and O–H groups in total. The number of fused-ring (bicyclic) bond motifs is 1. The maximum Gasteiger partial charge on any atom is 0.131 e. The minimum atomic E-state index is -1.01. The molecule has 0 bridgehead atoms. The van der Waals surface area contributed by atoms with E-state index in [0.29, 0.717) is 19.3 Å². The highest BCUT2D eigenvalue weighted by Crippen LogP contribution is 2.44. The number of hydrogen-bond acceptors (Lipinski definition) is 5. The van der Waals surface area contributed by atoms with Gasteiger partial charge in [-0.05, 0) is 73.0 Å². The molecule has 2 fully saturated rings. The van der Waals surface area contributed by atoms with Gasteiger partial charge in [0.25, 0.3) is 0 Å². The van der Waals surface area contributed by atoms with Crippen LogP contribution >= 0.6 is 0 Å². The van der Waals surface area contributed by atoms with E-state index >= 15 is 0 Å². The van der Waals surface area contributed by atoms with E-state index in [1.165, 1.54) is 18.2 Å². The van der Waals surface area contributed by atoms with Crippen molar-refractivity contribution in [2.45, 2.75) is 37.6 Å². The van der Waals surface area contributed by atoms with E-state index in [9.17, 15) is 13.9 Å². The van der Waals surface area contributed by atoms with Crippen LogP contribution in [0.15, 0.2) is 54.6 Å². The average Bonchev–Trinajstić information content (AvgIpc) is 2.90. The van der Waals surface area contributed by atoms with E-state index in [4.69, 9.17) is 9.47 Å². The lowest BCUT2D eigenvalue weighted by Gasteiger charge is -2.46. The molecule has 1 saturated carbocycles. The van der Waals surface area contributed by atoms with Gasteiger partial charge in [-0.25, -0.2) is 8.78 Å². The number of halogens is 2. The molecule has 1 saturated heterocycles. The highest BCUT2D eigenvalue weighted by Gasteiger charge is 2.44. The third-order valence-electron chi connectivity index (χ3n) is 8.22. The summed E-state index contributed by atoms with van der Waals surface area (Å²) in [6.45, 7) is 4.53. The molecule has 37 heavy (non-hydrogen) atoms. The molecule has 5 rings (SSSR count). The van der Waals surface area contributed by atoms with E-state index in [0.717, 1.165) is 54.8 Å². The fourth-order valence-electron chi connectivity index (χ4n) is 5.81. The van der Waals surface area contributed by atoms with Gasteiger partial charge in [0.15, 0.2) is 0 Å². The molecular weight excluding hydrogens is 474 g/mol. The van der Waals surface area contributed by atoms with Gasteiger partial charge in [-0.3, -0.25) is 0 Å². The van der Waals surface area contributed by atoms with Crippen molar-refractivity contribution < 1.29 is 23.4 Å². The topological polar surface area (TPSA) is 45.2 Å². The van der Waals surface area contributed by atoms with Crippen LogP contribution in [0.5, 0.6) is 5.75 Å². The van der Waals surface area contributed by atoms with Gasteiger partial charge >= 0.3 is 0 Å². The molecule has 0 spiro atoms. The lowest BCUT2D eigenvalue weighted by molar-refractivity contribution is -0.115. The van der Waals surface area contributed by atoms with E-state index in [2.05, 4.69) is 22.9 Å². The number of nitrogens with zero attached hydrogens (tertiary/aromatic N) is 2. The monoisotopic (exact) mass is 510 g/mol. The molecule has 2 aliphatic rings. The maximum absolute atomic E-state index is 14.2. The Bertz CT molecular complexity index is 1210. The summed E-state index contributed by atoms with van der Waals surface area (Å²) in [6.07, 6.45) is 1.59. The standard InChI is InChI=1S/C30H36F2N2O3/c1-33-12-14-34(15-13-33)19-24-18-26(37-20-27-28(31)4-3-5-29(27)32)10-11-30(24,35)23-8-6-22-17-25(36-2)9-7-21(22)16-23/h3-9,16-17,24,26,35H,10-15,18-20H2,1-2H3. The smallest absolute Gasteiger partial charge is 0.131 e. The lowest BCUT2D eigenvalue weighted by atomic mass is 9.70. The van der Waals surface area contributed by atoms with Crippen LogP contribution in [0.25, 0.3) is 10.8 Å². The Morgan fingerprint density at radius 1 is 0.973 bits per heavy atom. The second-order valence-corrected chi connectivity index (χ2v) is 10.6. The number of aliphatic hydroxyl groups is 1. The third-order valence-corrected chi connectivity index (χ3v) is 8.22. The highest BCUT2D eigenvalue weighted by atomic mass is 19.1.